The Labute approximate surface area is 160 Å². The van der Waals surface area contributed by atoms with Gasteiger partial charge in [0.05, 0.1) is 4.90 Å². The van der Waals surface area contributed by atoms with Crippen LogP contribution in [0.15, 0.2) is 58.3 Å². The fourth-order valence-electron chi connectivity index (χ4n) is 2.57. The third-order valence-corrected chi connectivity index (χ3v) is 5.80. The van der Waals surface area contributed by atoms with Gasteiger partial charge < -0.3 is 15.0 Å². The Hall–Kier alpha value is -2.84. The number of halogens is 1. The van der Waals surface area contributed by atoms with Crippen molar-refractivity contribution >= 4 is 50.0 Å². The first-order valence-electron chi connectivity index (χ1n) is 7.83. The van der Waals surface area contributed by atoms with Crippen LogP contribution in [0.1, 0.15) is 6.92 Å². The highest BCUT2D eigenvalue weighted by Crippen LogP contribution is 2.36. The maximum Gasteiger partial charge on any atom is 0.303 e. The number of hydrogen-bond acceptors (Lipinski definition) is 5. The number of carbonyl (C=O) groups is 2. The summed E-state index contributed by atoms with van der Waals surface area (Å²) < 4.78 is 31.0. The van der Waals surface area contributed by atoms with Crippen LogP contribution >= 0.6 is 11.6 Å². The minimum absolute atomic E-state index is 0.0201. The van der Waals surface area contributed by atoms with Crippen molar-refractivity contribution in [1.29, 1.82) is 0 Å². The molecule has 3 aromatic rings. The zero-order chi connectivity index (χ0) is 19.6. The molecule has 0 aliphatic rings. The number of amides is 1. The Morgan fingerprint density at radius 2 is 1.85 bits per heavy atom. The molecule has 0 atom stereocenters. The summed E-state index contributed by atoms with van der Waals surface area (Å²) in [4.78, 5) is 25.8. The number of ether oxygens (including phenoxy) is 1. The van der Waals surface area contributed by atoms with Gasteiger partial charge in [-0.05, 0) is 30.3 Å². The van der Waals surface area contributed by atoms with Crippen LogP contribution in [0.25, 0.3) is 10.9 Å². The Morgan fingerprint density at radius 1 is 1.15 bits per heavy atom. The van der Waals surface area contributed by atoms with Crippen molar-refractivity contribution < 1.29 is 22.7 Å². The second-order valence-corrected chi connectivity index (χ2v) is 7.99. The van der Waals surface area contributed by atoms with E-state index in [1.807, 2.05) is 0 Å². The SMILES string of the molecule is CC(=O)OCC(=O)Nc1[nH]c2ccc(Cl)cc2c1S(=O)(=O)c1ccccc1. The van der Waals surface area contributed by atoms with Gasteiger partial charge in [0.15, 0.2) is 6.61 Å². The van der Waals surface area contributed by atoms with Gasteiger partial charge in [-0.2, -0.15) is 0 Å². The lowest BCUT2D eigenvalue weighted by molar-refractivity contribution is -0.144. The quantitative estimate of drug-likeness (QED) is 0.633. The molecule has 0 aliphatic heterocycles. The summed E-state index contributed by atoms with van der Waals surface area (Å²) >= 11 is 6.03. The van der Waals surface area contributed by atoms with Crippen molar-refractivity contribution in [3.05, 3.63) is 53.6 Å². The number of fused-ring (bicyclic) bond motifs is 1. The molecular weight excluding hydrogens is 392 g/mol. The second kappa shape index (κ2) is 7.42. The van der Waals surface area contributed by atoms with Gasteiger partial charge >= 0.3 is 5.97 Å². The standard InChI is InChI=1S/C18H15ClN2O5S/c1-11(22)26-10-16(23)21-18-17(14-9-12(19)7-8-15(14)20-18)27(24,25)13-5-3-2-4-6-13/h2-9,20H,10H2,1H3,(H,21,23). The van der Waals surface area contributed by atoms with Crippen LogP contribution in [-0.4, -0.2) is 31.9 Å². The van der Waals surface area contributed by atoms with Crippen LogP contribution in [-0.2, 0) is 24.2 Å². The van der Waals surface area contributed by atoms with Crippen LogP contribution in [0.4, 0.5) is 5.82 Å². The lowest BCUT2D eigenvalue weighted by Crippen LogP contribution is -2.21. The van der Waals surface area contributed by atoms with Gasteiger partial charge in [0.2, 0.25) is 9.84 Å². The minimum Gasteiger partial charge on any atom is -0.456 e. The van der Waals surface area contributed by atoms with Crippen molar-refractivity contribution in [2.75, 3.05) is 11.9 Å². The first-order valence-corrected chi connectivity index (χ1v) is 9.70. The number of sulfone groups is 1. The topological polar surface area (TPSA) is 105 Å². The van der Waals surface area contributed by atoms with Crippen LogP contribution in [0, 0.1) is 0 Å². The van der Waals surface area contributed by atoms with Crippen molar-refractivity contribution in [3.8, 4) is 0 Å². The summed E-state index contributed by atoms with van der Waals surface area (Å²) in [6.07, 6.45) is 0. The molecule has 1 aromatic heterocycles. The molecule has 0 spiro atoms. The molecule has 0 saturated carbocycles. The van der Waals surface area contributed by atoms with Gasteiger partial charge in [0, 0.05) is 22.8 Å². The van der Waals surface area contributed by atoms with Crippen molar-refractivity contribution in [3.63, 3.8) is 0 Å². The molecule has 2 N–H and O–H groups in total. The molecule has 0 saturated heterocycles. The highest BCUT2D eigenvalue weighted by molar-refractivity contribution is 7.92. The van der Waals surface area contributed by atoms with Gasteiger partial charge in [0.25, 0.3) is 5.91 Å². The molecule has 0 radical (unpaired) electrons. The number of carbonyl (C=O) groups excluding carboxylic acids is 2. The lowest BCUT2D eigenvalue weighted by atomic mass is 10.2. The molecular formula is C18H15ClN2O5S. The van der Waals surface area contributed by atoms with Gasteiger partial charge in [-0.25, -0.2) is 8.42 Å². The normalized spacial score (nSPS) is 11.3. The van der Waals surface area contributed by atoms with E-state index in [0.29, 0.717) is 15.9 Å². The number of H-pyrrole nitrogens is 1. The maximum atomic E-state index is 13.2. The van der Waals surface area contributed by atoms with Crippen molar-refractivity contribution in [2.45, 2.75) is 16.7 Å². The van der Waals surface area contributed by atoms with Crippen molar-refractivity contribution in [2.24, 2.45) is 0 Å². The Kier molecular flexibility index (Phi) is 5.20. The average molecular weight is 407 g/mol. The predicted octanol–water partition coefficient (Wildman–Crippen LogP) is 3.16. The third-order valence-electron chi connectivity index (χ3n) is 3.71. The molecule has 0 bridgehead atoms. The van der Waals surface area contributed by atoms with E-state index in [2.05, 4.69) is 15.0 Å². The van der Waals surface area contributed by atoms with Gasteiger partial charge in [-0.1, -0.05) is 29.8 Å². The number of nitrogens with one attached hydrogen (secondary N) is 2. The molecule has 1 heterocycles. The Morgan fingerprint density at radius 3 is 2.52 bits per heavy atom. The smallest absolute Gasteiger partial charge is 0.303 e. The van der Waals surface area contributed by atoms with Crippen LogP contribution in [0.3, 0.4) is 0 Å². The largest absolute Gasteiger partial charge is 0.456 e. The summed E-state index contributed by atoms with van der Waals surface area (Å²) in [7, 11) is -3.96. The number of benzene rings is 2. The first-order chi connectivity index (χ1) is 12.8. The van der Waals surface area contributed by atoms with Crippen molar-refractivity contribution in [1.82, 2.24) is 4.98 Å². The summed E-state index contributed by atoms with van der Waals surface area (Å²) in [6.45, 7) is 0.639. The number of anilines is 1. The molecule has 9 heteroatoms. The second-order valence-electron chi connectivity index (χ2n) is 5.66. The molecule has 0 fully saturated rings. The van der Waals surface area contributed by atoms with E-state index in [1.165, 1.54) is 25.1 Å². The van der Waals surface area contributed by atoms with E-state index < -0.39 is 28.3 Å². The number of esters is 1. The van der Waals surface area contributed by atoms with E-state index in [-0.39, 0.29) is 15.6 Å². The molecule has 3 rings (SSSR count). The first kappa shape index (κ1) is 18.9. The number of aromatic amines is 1. The number of aromatic nitrogens is 1. The summed E-state index contributed by atoms with van der Waals surface area (Å²) in [5.74, 6) is -1.31. The third kappa shape index (κ3) is 3.96. The van der Waals surface area contributed by atoms with Crippen LogP contribution < -0.4 is 5.32 Å². The van der Waals surface area contributed by atoms with E-state index in [1.54, 1.807) is 30.3 Å². The Balaban J connectivity index is 2.13. The minimum atomic E-state index is -3.96. The zero-order valence-corrected chi connectivity index (χ0v) is 15.7. The molecule has 7 nitrogen and oxygen atoms in total. The fourth-order valence-corrected chi connectivity index (χ4v) is 4.32. The highest BCUT2D eigenvalue weighted by atomic mass is 35.5. The van der Waals surface area contributed by atoms with Gasteiger partial charge in [-0.15, -0.1) is 0 Å². The summed E-state index contributed by atoms with van der Waals surface area (Å²) in [6, 6.07) is 12.6. The van der Waals surface area contributed by atoms with E-state index in [9.17, 15) is 18.0 Å². The van der Waals surface area contributed by atoms with Crippen LogP contribution in [0.2, 0.25) is 5.02 Å². The Bertz CT molecular complexity index is 1120. The van der Waals surface area contributed by atoms with E-state index in [4.69, 9.17) is 11.6 Å². The molecule has 140 valence electrons. The van der Waals surface area contributed by atoms with E-state index in [0.717, 1.165) is 0 Å². The van der Waals surface area contributed by atoms with Crippen LogP contribution in [0.5, 0.6) is 0 Å². The zero-order valence-electron chi connectivity index (χ0n) is 14.2. The fraction of sp³-hybridized carbons (Fsp3) is 0.111. The predicted molar refractivity (Wildman–Crippen MR) is 100 cm³/mol. The molecule has 2 aromatic carbocycles. The summed E-state index contributed by atoms with van der Waals surface area (Å²) in [5.41, 5.74) is 0.483. The highest BCUT2D eigenvalue weighted by Gasteiger charge is 2.27. The molecule has 27 heavy (non-hydrogen) atoms. The maximum absolute atomic E-state index is 13.2. The van der Waals surface area contributed by atoms with Gasteiger partial charge in [-0.3, -0.25) is 9.59 Å². The molecule has 0 aliphatic carbocycles. The van der Waals surface area contributed by atoms with Gasteiger partial charge in [0.1, 0.15) is 10.7 Å². The molecule has 1 amide bonds. The van der Waals surface area contributed by atoms with E-state index >= 15 is 0 Å². The lowest BCUT2D eigenvalue weighted by Gasteiger charge is -2.08. The summed E-state index contributed by atoms with van der Waals surface area (Å²) in [5, 5.41) is 3.15. The average Bonchev–Trinajstić information content (AvgIpc) is 2.98. The molecule has 0 unspecified atom stereocenters. The monoisotopic (exact) mass is 406 g/mol. The number of hydrogen-bond donors (Lipinski definition) is 2. The number of rotatable bonds is 5.